The molecule has 0 fully saturated rings. The minimum atomic E-state index is -0.0442. The van der Waals surface area contributed by atoms with Crippen molar-refractivity contribution in [1.29, 1.82) is 0 Å². The molecule has 3 nitrogen and oxygen atoms in total. The summed E-state index contributed by atoms with van der Waals surface area (Å²) in [6.45, 7) is 2.66. The van der Waals surface area contributed by atoms with Crippen LogP contribution in [0.2, 0.25) is 0 Å². The van der Waals surface area contributed by atoms with Crippen LogP contribution in [0.25, 0.3) is 0 Å². The van der Waals surface area contributed by atoms with Crippen LogP contribution in [0.3, 0.4) is 0 Å². The van der Waals surface area contributed by atoms with Gasteiger partial charge in [-0.05, 0) is 30.7 Å². The highest BCUT2D eigenvalue weighted by Crippen LogP contribution is 2.23. The molecule has 96 valence electrons. The maximum absolute atomic E-state index is 12.1. The van der Waals surface area contributed by atoms with Crippen LogP contribution < -0.4 is 0 Å². The highest BCUT2D eigenvalue weighted by atomic mass is 32.1. The average molecular weight is 271 g/mol. The van der Waals surface area contributed by atoms with Crippen molar-refractivity contribution in [2.45, 2.75) is 13.5 Å². The van der Waals surface area contributed by atoms with Gasteiger partial charge in [0.05, 0.1) is 11.4 Å². The Morgan fingerprint density at radius 1 is 1.26 bits per heavy atom. The largest absolute Gasteiger partial charge is 0.327 e. The van der Waals surface area contributed by atoms with Crippen LogP contribution in [0.5, 0.6) is 0 Å². The Labute approximate surface area is 115 Å². The standard InChI is InChI=1S/C15H13NO2S/c1-10-6-7-14(19-10)13(17)9-16-8-11-4-2-3-5-12(11)15(16)18/h2-7H,8-9H2,1H3. The van der Waals surface area contributed by atoms with Gasteiger partial charge in [0.1, 0.15) is 0 Å². The zero-order chi connectivity index (χ0) is 13.4. The van der Waals surface area contributed by atoms with Gasteiger partial charge in [-0.2, -0.15) is 0 Å². The first-order valence-electron chi connectivity index (χ1n) is 6.12. The van der Waals surface area contributed by atoms with Crippen LogP contribution >= 0.6 is 11.3 Å². The van der Waals surface area contributed by atoms with Gasteiger partial charge in [0, 0.05) is 17.0 Å². The molecule has 1 amide bonds. The second-order valence-corrected chi connectivity index (χ2v) is 5.94. The molecule has 0 saturated heterocycles. The van der Waals surface area contributed by atoms with Gasteiger partial charge in [-0.15, -0.1) is 11.3 Å². The van der Waals surface area contributed by atoms with E-state index in [0.717, 1.165) is 20.9 Å². The van der Waals surface area contributed by atoms with Crippen molar-refractivity contribution in [3.05, 3.63) is 57.3 Å². The van der Waals surface area contributed by atoms with Gasteiger partial charge >= 0.3 is 0 Å². The van der Waals surface area contributed by atoms with Crippen molar-refractivity contribution in [2.75, 3.05) is 6.54 Å². The Kier molecular flexibility index (Phi) is 2.95. The van der Waals surface area contributed by atoms with Crippen molar-refractivity contribution in [1.82, 2.24) is 4.90 Å². The number of amides is 1. The molecule has 2 heterocycles. The van der Waals surface area contributed by atoms with Gasteiger partial charge in [0.25, 0.3) is 5.91 Å². The molecule has 0 bridgehead atoms. The van der Waals surface area contributed by atoms with Crippen LogP contribution in [0.15, 0.2) is 36.4 Å². The summed E-state index contributed by atoms with van der Waals surface area (Å²) in [6, 6.07) is 11.3. The Bertz CT molecular complexity index is 660. The van der Waals surface area contributed by atoms with E-state index < -0.39 is 0 Å². The van der Waals surface area contributed by atoms with E-state index in [0.29, 0.717) is 6.54 Å². The van der Waals surface area contributed by atoms with E-state index in [2.05, 4.69) is 0 Å². The predicted molar refractivity (Wildman–Crippen MR) is 74.6 cm³/mol. The predicted octanol–water partition coefficient (Wildman–Crippen LogP) is 2.90. The van der Waals surface area contributed by atoms with Crippen LogP contribution in [0, 0.1) is 6.92 Å². The van der Waals surface area contributed by atoms with E-state index in [-0.39, 0.29) is 18.2 Å². The number of hydrogen-bond acceptors (Lipinski definition) is 3. The van der Waals surface area contributed by atoms with Crippen LogP contribution in [0.1, 0.15) is 30.5 Å². The quantitative estimate of drug-likeness (QED) is 0.805. The number of ketones is 1. The van der Waals surface area contributed by atoms with E-state index in [1.54, 1.807) is 4.90 Å². The van der Waals surface area contributed by atoms with Crippen molar-refractivity contribution in [3.63, 3.8) is 0 Å². The number of aryl methyl sites for hydroxylation is 1. The molecular formula is C15H13NO2S. The number of benzene rings is 1. The number of thiophene rings is 1. The molecule has 1 aliphatic heterocycles. The fraction of sp³-hybridized carbons (Fsp3) is 0.200. The molecule has 0 spiro atoms. The maximum Gasteiger partial charge on any atom is 0.254 e. The lowest BCUT2D eigenvalue weighted by Crippen LogP contribution is -2.29. The van der Waals surface area contributed by atoms with Gasteiger partial charge in [-0.3, -0.25) is 9.59 Å². The topological polar surface area (TPSA) is 37.4 Å². The molecule has 0 unspecified atom stereocenters. The third-order valence-electron chi connectivity index (χ3n) is 3.25. The Morgan fingerprint density at radius 3 is 2.74 bits per heavy atom. The van der Waals surface area contributed by atoms with Crippen LogP contribution in [-0.4, -0.2) is 23.1 Å². The first-order chi connectivity index (χ1) is 9.15. The Hall–Kier alpha value is -1.94. The van der Waals surface area contributed by atoms with E-state index >= 15 is 0 Å². The first-order valence-corrected chi connectivity index (χ1v) is 6.93. The first kappa shape index (κ1) is 12.1. The van der Waals surface area contributed by atoms with E-state index in [1.807, 2.05) is 43.3 Å². The molecule has 0 aliphatic carbocycles. The van der Waals surface area contributed by atoms with Crippen molar-refractivity contribution < 1.29 is 9.59 Å². The van der Waals surface area contributed by atoms with E-state index in [9.17, 15) is 9.59 Å². The summed E-state index contributed by atoms with van der Waals surface area (Å²) in [7, 11) is 0. The summed E-state index contributed by atoms with van der Waals surface area (Å²) < 4.78 is 0. The fourth-order valence-electron chi connectivity index (χ4n) is 2.28. The number of nitrogens with zero attached hydrogens (tertiary/aromatic N) is 1. The number of hydrogen-bond donors (Lipinski definition) is 0. The van der Waals surface area contributed by atoms with Crippen molar-refractivity contribution >= 4 is 23.0 Å². The Balaban J connectivity index is 1.76. The van der Waals surface area contributed by atoms with Crippen LogP contribution in [0.4, 0.5) is 0 Å². The lowest BCUT2D eigenvalue weighted by molar-refractivity contribution is 0.0730. The lowest BCUT2D eigenvalue weighted by Gasteiger charge is -2.13. The maximum atomic E-state index is 12.1. The number of Topliss-reactive ketones (excluding diaryl/α,β-unsaturated/α-hetero) is 1. The Morgan fingerprint density at radius 2 is 2.05 bits per heavy atom. The summed E-state index contributed by atoms with van der Waals surface area (Å²) in [5.41, 5.74) is 1.72. The SMILES string of the molecule is Cc1ccc(C(=O)CN2Cc3ccccc3C2=O)s1. The highest BCUT2D eigenvalue weighted by molar-refractivity contribution is 7.14. The van der Waals surface area contributed by atoms with Crippen LogP contribution in [-0.2, 0) is 6.54 Å². The zero-order valence-corrected chi connectivity index (χ0v) is 11.4. The van der Waals surface area contributed by atoms with Crippen molar-refractivity contribution in [3.8, 4) is 0 Å². The molecule has 0 saturated carbocycles. The smallest absolute Gasteiger partial charge is 0.254 e. The molecule has 0 N–H and O–H groups in total. The number of fused-ring (bicyclic) bond motifs is 1. The lowest BCUT2D eigenvalue weighted by atomic mass is 10.1. The molecule has 1 aliphatic rings. The zero-order valence-electron chi connectivity index (χ0n) is 10.6. The van der Waals surface area contributed by atoms with Crippen molar-refractivity contribution in [2.24, 2.45) is 0 Å². The van der Waals surface area contributed by atoms with E-state index in [4.69, 9.17) is 0 Å². The summed E-state index contributed by atoms with van der Waals surface area (Å²) in [6.07, 6.45) is 0. The molecule has 1 aromatic carbocycles. The molecule has 0 atom stereocenters. The molecule has 2 aromatic rings. The van der Waals surface area contributed by atoms with Gasteiger partial charge in [0.2, 0.25) is 0 Å². The third kappa shape index (κ3) is 2.19. The number of carbonyl (C=O) groups is 2. The van der Waals surface area contributed by atoms with Gasteiger partial charge in [0.15, 0.2) is 5.78 Å². The molecule has 4 heteroatoms. The second kappa shape index (κ2) is 4.63. The summed E-state index contributed by atoms with van der Waals surface area (Å²) >= 11 is 1.48. The molecule has 1 aromatic heterocycles. The number of carbonyl (C=O) groups excluding carboxylic acids is 2. The average Bonchev–Trinajstić information content (AvgIpc) is 2.96. The molecular weight excluding hydrogens is 258 g/mol. The monoisotopic (exact) mass is 271 g/mol. The minimum Gasteiger partial charge on any atom is -0.327 e. The summed E-state index contributed by atoms with van der Waals surface area (Å²) in [5, 5.41) is 0. The van der Waals surface area contributed by atoms with Gasteiger partial charge < -0.3 is 4.90 Å². The number of rotatable bonds is 3. The highest BCUT2D eigenvalue weighted by Gasteiger charge is 2.28. The third-order valence-corrected chi connectivity index (χ3v) is 4.29. The van der Waals surface area contributed by atoms with E-state index in [1.165, 1.54) is 11.3 Å². The minimum absolute atomic E-state index is 0.0132. The summed E-state index contributed by atoms with van der Waals surface area (Å²) in [4.78, 5) is 27.7. The van der Waals surface area contributed by atoms with Gasteiger partial charge in [-0.25, -0.2) is 0 Å². The fourth-order valence-corrected chi connectivity index (χ4v) is 3.08. The second-order valence-electron chi connectivity index (χ2n) is 4.65. The normalized spacial score (nSPS) is 13.7. The molecule has 3 rings (SSSR count). The molecule has 0 radical (unpaired) electrons. The molecule has 19 heavy (non-hydrogen) atoms. The van der Waals surface area contributed by atoms with Gasteiger partial charge in [-0.1, -0.05) is 18.2 Å². The summed E-state index contributed by atoms with van der Waals surface area (Å²) in [5.74, 6) is -0.0310.